The van der Waals surface area contributed by atoms with E-state index in [1.54, 1.807) is 19.1 Å². The van der Waals surface area contributed by atoms with Gasteiger partial charge in [-0.25, -0.2) is 0 Å². The van der Waals surface area contributed by atoms with Crippen LogP contribution in [0.3, 0.4) is 0 Å². The quantitative estimate of drug-likeness (QED) is 0.574. The van der Waals surface area contributed by atoms with Gasteiger partial charge in [0.05, 0.1) is 27.8 Å². The molecule has 1 aromatic carbocycles. The van der Waals surface area contributed by atoms with Crippen LogP contribution in [0.2, 0.25) is 0 Å². The summed E-state index contributed by atoms with van der Waals surface area (Å²) < 4.78 is 15.2. The molecule has 0 radical (unpaired) electrons. The molecule has 0 atom stereocenters. The number of amides is 1. The van der Waals surface area contributed by atoms with E-state index in [1.807, 2.05) is 18.2 Å². The van der Waals surface area contributed by atoms with Crippen molar-refractivity contribution in [2.24, 2.45) is 0 Å². The summed E-state index contributed by atoms with van der Waals surface area (Å²) in [7, 11) is 4.55. The summed E-state index contributed by atoms with van der Waals surface area (Å²) in [6.45, 7) is 2.98. The van der Waals surface area contributed by atoms with Crippen LogP contribution >= 0.6 is 0 Å². The zero-order valence-electron chi connectivity index (χ0n) is 15.7. The monoisotopic (exact) mass is 351 g/mol. The van der Waals surface area contributed by atoms with Crippen LogP contribution in [0.5, 0.6) is 11.5 Å². The molecule has 0 unspecified atom stereocenters. The number of nitrogens with zero attached hydrogens (tertiary/aromatic N) is 1. The third-order valence-electron chi connectivity index (χ3n) is 4.03. The molecule has 0 heterocycles. The molecule has 0 spiro atoms. The number of benzene rings is 1. The number of unbranched alkanes of at least 4 members (excludes halogenated alkanes) is 1. The van der Waals surface area contributed by atoms with Crippen molar-refractivity contribution in [3.8, 4) is 11.5 Å². The molecule has 1 amide bonds. The molecular formula is C19H29NO5. The Labute approximate surface area is 150 Å². The smallest absolute Gasteiger partial charge is 0.307 e. The van der Waals surface area contributed by atoms with Gasteiger partial charge in [-0.1, -0.05) is 19.4 Å². The number of esters is 1. The first-order valence-electron chi connectivity index (χ1n) is 8.61. The Morgan fingerprint density at radius 1 is 1.00 bits per heavy atom. The first-order chi connectivity index (χ1) is 12.0. The molecule has 0 aliphatic carbocycles. The van der Waals surface area contributed by atoms with Crippen molar-refractivity contribution >= 4 is 11.9 Å². The lowest BCUT2D eigenvalue weighted by atomic mass is 10.1. The lowest BCUT2D eigenvalue weighted by Crippen LogP contribution is -2.34. The van der Waals surface area contributed by atoms with Gasteiger partial charge in [0, 0.05) is 19.5 Å². The fraction of sp³-hybridized carbons (Fsp3) is 0.579. The summed E-state index contributed by atoms with van der Waals surface area (Å²) >= 11 is 0. The number of carbonyl (C=O) groups is 2. The van der Waals surface area contributed by atoms with E-state index in [0.29, 0.717) is 37.4 Å². The van der Waals surface area contributed by atoms with Gasteiger partial charge in [-0.2, -0.15) is 0 Å². The highest BCUT2D eigenvalue weighted by Crippen LogP contribution is 2.27. The maximum absolute atomic E-state index is 12.4. The predicted molar refractivity (Wildman–Crippen MR) is 96.0 cm³/mol. The number of ether oxygens (including phenoxy) is 3. The zero-order valence-corrected chi connectivity index (χ0v) is 15.7. The Balaban J connectivity index is 2.72. The molecule has 0 aliphatic rings. The largest absolute Gasteiger partial charge is 0.493 e. The van der Waals surface area contributed by atoms with E-state index in [1.165, 1.54) is 7.11 Å². The molecule has 25 heavy (non-hydrogen) atoms. The van der Waals surface area contributed by atoms with Crippen LogP contribution in [0.15, 0.2) is 18.2 Å². The summed E-state index contributed by atoms with van der Waals surface area (Å²) in [5.41, 5.74) is 1.05. The van der Waals surface area contributed by atoms with Crippen LogP contribution in [0, 0.1) is 0 Å². The molecule has 0 bridgehead atoms. The van der Waals surface area contributed by atoms with Gasteiger partial charge in [0.15, 0.2) is 11.5 Å². The third-order valence-corrected chi connectivity index (χ3v) is 4.03. The normalized spacial score (nSPS) is 10.2. The van der Waals surface area contributed by atoms with Crippen LogP contribution < -0.4 is 9.47 Å². The first-order valence-corrected chi connectivity index (χ1v) is 8.61. The molecule has 0 aromatic heterocycles. The van der Waals surface area contributed by atoms with Gasteiger partial charge in [-0.05, 0) is 30.5 Å². The van der Waals surface area contributed by atoms with E-state index in [4.69, 9.17) is 9.47 Å². The average molecular weight is 351 g/mol. The molecule has 0 saturated heterocycles. The third kappa shape index (κ3) is 7.03. The molecule has 6 nitrogen and oxygen atoms in total. The van der Waals surface area contributed by atoms with E-state index in [0.717, 1.165) is 18.4 Å². The Morgan fingerprint density at radius 3 is 2.32 bits per heavy atom. The molecule has 0 fully saturated rings. The van der Waals surface area contributed by atoms with E-state index in [9.17, 15) is 9.59 Å². The van der Waals surface area contributed by atoms with Gasteiger partial charge in [-0.3, -0.25) is 9.59 Å². The van der Waals surface area contributed by atoms with Crippen LogP contribution in [0.1, 0.15) is 38.2 Å². The second-order valence-corrected chi connectivity index (χ2v) is 5.75. The molecule has 0 N–H and O–H groups in total. The highest BCUT2D eigenvalue weighted by molar-refractivity contribution is 5.77. The molecule has 0 saturated carbocycles. The molecule has 6 heteroatoms. The topological polar surface area (TPSA) is 65.1 Å². The average Bonchev–Trinajstić information content (AvgIpc) is 2.65. The highest BCUT2D eigenvalue weighted by atomic mass is 16.5. The van der Waals surface area contributed by atoms with Crippen LogP contribution in [0.25, 0.3) is 0 Å². The van der Waals surface area contributed by atoms with Crippen molar-refractivity contribution in [1.29, 1.82) is 0 Å². The molecule has 0 aliphatic heterocycles. The van der Waals surface area contributed by atoms with Crippen molar-refractivity contribution in [2.45, 2.75) is 39.0 Å². The van der Waals surface area contributed by atoms with Crippen LogP contribution in [-0.4, -0.2) is 51.2 Å². The van der Waals surface area contributed by atoms with Gasteiger partial charge in [0.1, 0.15) is 0 Å². The second-order valence-electron chi connectivity index (χ2n) is 5.75. The van der Waals surface area contributed by atoms with Crippen molar-refractivity contribution in [3.05, 3.63) is 23.8 Å². The molecule has 140 valence electrons. The fourth-order valence-electron chi connectivity index (χ4n) is 2.48. The number of hydrogen-bond donors (Lipinski definition) is 0. The van der Waals surface area contributed by atoms with Gasteiger partial charge >= 0.3 is 5.97 Å². The van der Waals surface area contributed by atoms with Gasteiger partial charge < -0.3 is 19.1 Å². The standard InChI is InChI=1S/C19H29NO5/c1-5-6-7-18(21)20(13-11-19(22)25-4)12-10-15-8-9-16(23-2)17(14-15)24-3/h8-9,14H,5-7,10-13H2,1-4H3. The lowest BCUT2D eigenvalue weighted by molar-refractivity contribution is -0.141. The SMILES string of the molecule is CCCCC(=O)N(CCC(=O)OC)CCc1ccc(OC)c(OC)c1. The highest BCUT2D eigenvalue weighted by Gasteiger charge is 2.15. The summed E-state index contributed by atoms with van der Waals surface area (Å²) in [4.78, 5) is 25.5. The van der Waals surface area contributed by atoms with Gasteiger partial charge in [0.2, 0.25) is 5.91 Å². The maximum Gasteiger partial charge on any atom is 0.307 e. The minimum absolute atomic E-state index is 0.0752. The van der Waals surface area contributed by atoms with Crippen LogP contribution in [0.4, 0.5) is 0 Å². The van der Waals surface area contributed by atoms with Crippen molar-refractivity contribution < 1.29 is 23.8 Å². The maximum atomic E-state index is 12.4. The zero-order chi connectivity index (χ0) is 18.7. The van der Waals surface area contributed by atoms with Gasteiger partial charge in [-0.15, -0.1) is 0 Å². The number of carbonyl (C=O) groups excluding carboxylic acids is 2. The summed E-state index contributed by atoms with van der Waals surface area (Å²) in [5.74, 6) is 1.11. The van der Waals surface area contributed by atoms with Crippen LogP contribution in [-0.2, 0) is 20.7 Å². The Hall–Kier alpha value is -2.24. The Morgan fingerprint density at radius 2 is 1.72 bits per heavy atom. The molecule has 1 aromatic rings. The summed E-state index contributed by atoms with van der Waals surface area (Å²) in [5, 5.41) is 0. The minimum Gasteiger partial charge on any atom is -0.493 e. The number of methoxy groups -OCH3 is 3. The summed E-state index contributed by atoms with van der Waals surface area (Å²) in [6.07, 6.45) is 3.21. The second kappa shape index (κ2) is 11.3. The first kappa shape index (κ1) is 20.8. The van der Waals surface area contributed by atoms with E-state index < -0.39 is 0 Å². The van der Waals surface area contributed by atoms with Crippen molar-refractivity contribution in [1.82, 2.24) is 4.90 Å². The summed E-state index contributed by atoms with van der Waals surface area (Å²) in [6, 6.07) is 5.72. The van der Waals surface area contributed by atoms with Gasteiger partial charge in [0.25, 0.3) is 0 Å². The van der Waals surface area contributed by atoms with E-state index in [2.05, 4.69) is 11.7 Å². The molecule has 1 rings (SSSR count). The van der Waals surface area contributed by atoms with E-state index >= 15 is 0 Å². The predicted octanol–water partition coefficient (Wildman–Crippen LogP) is 2.83. The number of hydrogen-bond acceptors (Lipinski definition) is 5. The Kier molecular flexibility index (Phi) is 9.43. The molecular weight excluding hydrogens is 322 g/mol. The number of rotatable bonds is 11. The lowest BCUT2D eigenvalue weighted by Gasteiger charge is -2.22. The van der Waals surface area contributed by atoms with Crippen molar-refractivity contribution in [3.63, 3.8) is 0 Å². The Bertz CT molecular complexity index is 559. The minimum atomic E-state index is -0.306. The fourth-order valence-corrected chi connectivity index (χ4v) is 2.48. The van der Waals surface area contributed by atoms with Crippen molar-refractivity contribution in [2.75, 3.05) is 34.4 Å². The van der Waals surface area contributed by atoms with E-state index in [-0.39, 0.29) is 18.3 Å².